The van der Waals surface area contributed by atoms with Crippen molar-refractivity contribution in [1.29, 1.82) is 0 Å². The van der Waals surface area contributed by atoms with Crippen molar-refractivity contribution in [3.8, 4) is 0 Å². The van der Waals surface area contributed by atoms with Crippen molar-refractivity contribution in [3.05, 3.63) is 62.4 Å². The zero-order chi connectivity index (χ0) is 56.3. The number of amides is 1. The van der Waals surface area contributed by atoms with E-state index in [0.29, 0.717) is 0 Å². The molecule has 0 radical (unpaired) electrons. The van der Waals surface area contributed by atoms with E-state index in [0.717, 1.165) is 36.6 Å². The Labute approximate surface area is 429 Å². The lowest BCUT2D eigenvalue weighted by atomic mass is 9.94. The standard InChI is InChI=1S/C35H50N14O24P4/c1-45(2)19(51)7-14-15(69-31(22(14)52)49-13-46(3)21-29(49)42-34(37)43-30(21)55)8-66-74(57,58)44-75(59,60)73-77(63,64)68-10-17-25(26(65-4)33(71-17)48-12-40-20-27(36)38-11-39-28(20)48)72-76(61,62)67-9-16-23(53)24(54)32(70-16)47-6-5-18(50)41-35(47)56/h5-6,11-17,22-26,31-33,52-54H,7-10H2,1-4H3,(H10-,36,37,38,39,41,42,43,44,50,55,56,57,58,59,60,61,62,63,64)/p+1/t14-,15-,16-,17-,22-,23-,24-,25-,26-,31-,32-,33-/m1/s1. The fourth-order valence-corrected chi connectivity index (χ4v) is 13.5. The first-order chi connectivity index (χ1) is 36.0. The number of imidazole rings is 2. The van der Waals surface area contributed by atoms with Crippen LogP contribution in [0.2, 0.25) is 0 Å². The molecule has 0 spiro atoms. The smallest absolute Gasteiger partial charge is 0.387 e. The van der Waals surface area contributed by atoms with Crippen molar-refractivity contribution in [2.45, 2.75) is 73.9 Å². The summed E-state index contributed by atoms with van der Waals surface area (Å²) in [6.07, 6.45) is -14.1. The largest absolute Gasteiger partial charge is 0.480 e. The van der Waals surface area contributed by atoms with Crippen LogP contribution in [0.3, 0.4) is 0 Å². The Morgan fingerprint density at radius 2 is 1.45 bits per heavy atom. The molecule has 8 heterocycles. The van der Waals surface area contributed by atoms with E-state index in [9.17, 15) is 72.3 Å². The van der Waals surface area contributed by atoms with Gasteiger partial charge in [-0.2, -0.15) is 13.9 Å². The molecular weight excluding hydrogens is 1120 g/mol. The number of hydrogen-bond donors (Lipinski definition) is 12. The van der Waals surface area contributed by atoms with Crippen LogP contribution in [0.15, 0.2) is 45.6 Å². The number of nitrogens with two attached hydrogens (primary N) is 2. The number of phosphoric acid groups is 2. The average molecular weight is 1180 g/mol. The Bertz CT molecular complexity index is 3410. The number of carbonyl (C=O) groups excluding carboxylic acids is 1. The molecule has 0 aliphatic carbocycles. The minimum absolute atomic E-state index is 0.000424. The van der Waals surface area contributed by atoms with E-state index < -0.39 is 154 Å². The molecule has 4 unspecified atom stereocenters. The van der Waals surface area contributed by atoms with Crippen LogP contribution in [0.25, 0.3) is 22.3 Å². The first-order valence-corrected chi connectivity index (χ1v) is 28.3. The molecule has 77 heavy (non-hydrogen) atoms. The number of nitrogens with zero attached hydrogens (tertiary/aromatic N) is 9. The number of carbonyl (C=O) groups is 1. The molecule has 42 heteroatoms. The summed E-state index contributed by atoms with van der Waals surface area (Å²) in [7, 11) is -17.6. The maximum absolute atomic E-state index is 13.6. The number of aromatic amines is 2. The lowest BCUT2D eigenvalue weighted by molar-refractivity contribution is -0.646. The second kappa shape index (κ2) is 22.2. The molecule has 3 aliphatic heterocycles. The van der Waals surface area contributed by atoms with Crippen LogP contribution in [0.4, 0.5) is 11.8 Å². The molecular formula is C35H51N14O24P4+. The van der Waals surface area contributed by atoms with E-state index in [4.69, 9.17) is 48.5 Å². The number of phosphoric ester groups is 2. The summed E-state index contributed by atoms with van der Waals surface area (Å²) in [6, 6.07) is 0.924. The molecule has 3 aliphatic rings. The van der Waals surface area contributed by atoms with Gasteiger partial charge < -0.3 is 70.2 Å². The number of nitrogens with one attached hydrogen (secondary N) is 3. The van der Waals surface area contributed by atoms with E-state index in [2.05, 4.69) is 29.2 Å². The highest BCUT2D eigenvalue weighted by Gasteiger charge is 2.54. The van der Waals surface area contributed by atoms with Gasteiger partial charge in [0.2, 0.25) is 24.4 Å². The zero-order valence-electron chi connectivity index (χ0n) is 40.2. The quantitative estimate of drug-likeness (QED) is 0.0243. The number of aromatic nitrogens is 10. The normalized spacial score (nSPS) is 29.8. The van der Waals surface area contributed by atoms with Gasteiger partial charge in [0.15, 0.2) is 23.9 Å². The summed E-state index contributed by atoms with van der Waals surface area (Å²) < 4.78 is 106. The number of fused-ring (bicyclic) bond motifs is 2. The predicted octanol–water partition coefficient (Wildman–Crippen LogP) is -4.57. The number of nitrogen functional groups attached to an aromatic ring is 2. The number of methoxy groups -OCH3 is 1. The second-order valence-electron chi connectivity index (χ2n) is 17.5. The third-order valence-electron chi connectivity index (χ3n) is 12.1. The minimum Gasteiger partial charge on any atom is -0.387 e. The van der Waals surface area contributed by atoms with Crippen molar-refractivity contribution in [2.75, 3.05) is 52.5 Å². The summed E-state index contributed by atoms with van der Waals surface area (Å²) in [4.78, 5) is 115. The van der Waals surface area contributed by atoms with Crippen LogP contribution < -0.4 is 37.7 Å². The van der Waals surface area contributed by atoms with E-state index in [1.807, 2.05) is 4.98 Å². The van der Waals surface area contributed by atoms with Gasteiger partial charge in [-0.3, -0.25) is 51.6 Å². The number of hydrogen-bond acceptors (Lipinski definition) is 26. The van der Waals surface area contributed by atoms with Crippen LogP contribution in [-0.2, 0) is 71.5 Å². The molecule has 1 amide bonds. The van der Waals surface area contributed by atoms with Gasteiger partial charge in [-0.25, -0.2) is 42.6 Å². The Hall–Kier alpha value is -5.11. The number of anilines is 2. The third kappa shape index (κ3) is 12.5. The van der Waals surface area contributed by atoms with Gasteiger partial charge in [0.05, 0.1) is 39.3 Å². The van der Waals surface area contributed by atoms with Crippen molar-refractivity contribution in [1.82, 2.24) is 53.4 Å². The summed E-state index contributed by atoms with van der Waals surface area (Å²) in [5.74, 6) is -2.14. The summed E-state index contributed by atoms with van der Waals surface area (Å²) in [6.45, 7) is -3.27. The highest BCUT2D eigenvalue weighted by atomic mass is 31.3. The van der Waals surface area contributed by atoms with E-state index in [1.165, 1.54) is 50.9 Å². The lowest BCUT2D eigenvalue weighted by Crippen LogP contribution is -2.38. The van der Waals surface area contributed by atoms with Gasteiger partial charge in [-0.05, 0) is 0 Å². The highest BCUT2D eigenvalue weighted by Crippen LogP contribution is 2.63. The minimum atomic E-state index is -5.99. The van der Waals surface area contributed by atoms with Crippen molar-refractivity contribution in [2.24, 2.45) is 13.0 Å². The first kappa shape index (κ1) is 58.0. The van der Waals surface area contributed by atoms with E-state index in [-0.39, 0.29) is 34.1 Å². The summed E-state index contributed by atoms with van der Waals surface area (Å²) >= 11 is 0. The van der Waals surface area contributed by atoms with Crippen molar-refractivity contribution >= 4 is 71.1 Å². The molecule has 5 aromatic rings. The van der Waals surface area contributed by atoms with Gasteiger partial charge in [-0.15, -0.1) is 4.86 Å². The van der Waals surface area contributed by atoms with Crippen molar-refractivity contribution < 1.29 is 104 Å². The molecule has 38 nitrogen and oxygen atoms in total. The van der Waals surface area contributed by atoms with E-state index in [1.54, 1.807) is 0 Å². The number of aliphatic hydroxyl groups is 3. The number of rotatable bonds is 21. The average Bonchev–Trinajstić information content (AvgIpc) is 4.13. The van der Waals surface area contributed by atoms with Gasteiger partial charge >= 0.3 is 42.4 Å². The lowest BCUT2D eigenvalue weighted by Gasteiger charge is -2.26. The Balaban J connectivity index is 0.951. The topological polar surface area (TPSA) is 530 Å². The first-order valence-electron chi connectivity index (χ1n) is 22.2. The predicted molar refractivity (Wildman–Crippen MR) is 251 cm³/mol. The molecule has 8 rings (SSSR count). The molecule has 0 bridgehead atoms. The van der Waals surface area contributed by atoms with Crippen LogP contribution in [0.1, 0.15) is 25.1 Å². The zero-order valence-corrected chi connectivity index (χ0v) is 43.8. The third-order valence-corrected chi connectivity index (χ3v) is 17.8. The highest BCUT2D eigenvalue weighted by molar-refractivity contribution is 7.71. The monoisotopic (exact) mass is 1180 g/mol. The molecule has 0 aromatic carbocycles. The number of aliphatic hydroxyl groups excluding tert-OH is 3. The summed E-state index contributed by atoms with van der Waals surface area (Å²) in [5.41, 5.74) is 9.21. The number of ether oxygens (including phenoxy) is 4. The molecule has 14 N–H and O–H groups in total. The van der Waals surface area contributed by atoms with Gasteiger partial charge in [0.25, 0.3) is 16.7 Å². The Kier molecular flexibility index (Phi) is 16.7. The van der Waals surface area contributed by atoms with Crippen LogP contribution >= 0.6 is 31.1 Å². The van der Waals surface area contributed by atoms with Crippen LogP contribution in [0, 0.1) is 5.92 Å². The maximum Gasteiger partial charge on any atom is 0.480 e. The van der Waals surface area contributed by atoms with Gasteiger partial charge in [0, 0.05) is 45.8 Å². The molecule has 16 atom stereocenters. The molecule has 3 fully saturated rings. The Morgan fingerprint density at radius 3 is 2.14 bits per heavy atom. The number of aryl methyl sites for hydroxylation is 1. The Morgan fingerprint density at radius 1 is 0.805 bits per heavy atom. The van der Waals surface area contributed by atoms with Crippen LogP contribution in [0.5, 0.6) is 0 Å². The van der Waals surface area contributed by atoms with Gasteiger partial charge in [0.1, 0.15) is 54.6 Å². The molecule has 3 saturated heterocycles. The second-order valence-corrected chi connectivity index (χ2v) is 23.9. The number of H-pyrrole nitrogens is 2. The molecule has 424 valence electrons. The fraction of sp³-hybridized carbons (Fsp3) is 0.571. The SMILES string of the molecule is CO[C@@H]1[C@H](OP(=O)(O)OC[C@H]2O[C@@H](n3ccc(=O)[nH]c3=O)[C@H](O)[C@@H]2O)[C@@H](COP(=O)(O)OP(=O)(O)NP(=O)(O)OC[C@H]2O[C@@H](n3c[n+](C)c4c(=O)[nH]c(N)nc43)[C@H](O)[C@@H]2CC(=O)N(C)C)O[C@H]1n1cnc2c(N)ncnc21. The molecule has 0 saturated carbocycles. The van der Waals surface area contributed by atoms with E-state index >= 15 is 0 Å². The maximum atomic E-state index is 13.6. The van der Waals surface area contributed by atoms with Crippen LogP contribution in [-0.4, -0.2) is 179 Å². The summed E-state index contributed by atoms with van der Waals surface area (Å²) in [5, 5.41) is 32.8. The van der Waals surface area contributed by atoms with Crippen molar-refractivity contribution in [3.63, 3.8) is 0 Å². The van der Waals surface area contributed by atoms with Gasteiger partial charge in [-0.1, -0.05) is 0 Å². The molecule has 5 aromatic heterocycles. The fourth-order valence-electron chi connectivity index (χ4n) is 8.57.